The summed E-state index contributed by atoms with van der Waals surface area (Å²) in [6.07, 6.45) is 2.68. The molecule has 1 atom stereocenters. The fourth-order valence-electron chi connectivity index (χ4n) is 1.83. The molecule has 19 heavy (non-hydrogen) atoms. The molecule has 5 heteroatoms. The molecule has 1 aromatic carbocycles. The number of aliphatic hydroxyl groups is 1. The number of aliphatic hydroxyl groups excluding tert-OH is 1. The Balaban J connectivity index is 2.71. The van der Waals surface area contributed by atoms with E-state index in [4.69, 9.17) is 0 Å². The zero-order valence-corrected chi connectivity index (χ0v) is 12.4. The summed E-state index contributed by atoms with van der Waals surface area (Å²) in [5, 5.41) is 9.72. The van der Waals surface area contributed by atoms with E-state index in [0.29, 0.717) is 13.0 Å². The molecule has 0 aliphatic rings. The van der Waals surface area contributed by atoms with Gasteiger partial charge < -0.3 is 5.11 Å². The van der Waals surface area contributed by atoms with Gasteiger partial charge in [0.1, 0.15) is 0 Å². The molecule has 1 rings (SSSR count). The molecule has 0 heterocycles. The van der Waals surface area contributed by atoms with Crippen molar-refractivity contribution in [1.29, 1.82) is 0 Å². The first-order valence-electron chi connectivity index (χ1n) is 6.76. The second kappa shape index (κ2) is 7.62. The van der Waals surface area contributed by atoms with Crippen molar-refractivity contribution in [3.63, 3.8) is 0 Å². The molecule has 108 valence electrons. The highest BCUT2D eigenvalue weighted by molar-refractivity contribution is 7.89. The molecular formula is C14H23NO3S. The predicted octanol–water partition coefficient (Wildman–Crippen LogP) is 2.08. The minimum atomic E-state index is -3.39. The lowest BCUT2D eigenvalue weighted by molar-refractivity contribution is 0.164. The van der Waals surface area contributed by atoms with E-state index in [1.807, 2.05) is 13.8 Å². The molecule has 1 aromatic rings. The normalized spacial score (nSPS) is 13.4. The van der Waals surface area contributed by atoms with Crippen LogP contribution in [0.5, 0.6) is 0 Å². The van der Waals surface area contributed by atoms with E-state index in [1.165, 1.54) is 0 Å². The zero-order valence-electron chi connectivity index (χ0n) is 11.6. The minimum absolute atomic E-state index is 0.273. The molecule has 0 amide bonds. The first-order valence-corrected chi connectivity index (χ1v) is 8.24. The van der Waals surface area contributed by atoms with Gasteiger partial charge in [-0.3, -0.25) is 0 Å². The maximum absolute atomic E-state index is 11.9. The monoisotopic (exact) mass is 285 g/mol. The van der Waals surface area contributed by atoms with Gasteiger partial charge in [-0.15, -0.1) is 0 Å². The summed E-state index contributed by atoms with van der Waals surface area (Å²) in [4.78, 5) is 0.273. The van der Waals surface area contributed by atoms with Gasteiger partial charge in [0.05, 0.1) is 11.0 Å². The largest absolute Gasteiger partial charge is 0.393 e. The number of rotatable bonds is 8. The van der Waals surface area contributed by atoms with E-state index in [1.54, 1.807) is 24.3 Å². The van der Waals surface area contributed by atoms with E-state index in [-0.39, 0.29) is 11.0 Å². The van der Waals surface area contributed by atoms with Crippen molar-refractivity contribution in [3.05, 3.63) is 29.8 Å². The second-order valence-corrected chi connectivity index (χ2v) is 6.46. The summed E-state index contributed by atoms with van der Waals surface area (Å²) < 4.78 is 26.3. The summed E-state index contributed by atoms with van der Waals surface area (Å²) in [7, 11) is -3.39. The van der Waals surface area contributed by atoms with Gasteiger partial charge in [0.2, 0.25) is 10.0 Å². The Morgan fingerprint density at radius 2 is 1.79 bits per heavy atom. The van der Waals surface area contributed by atoms with E-state index < -0.39 is 10.0 Å². The maximum Gasteiger partial charge on any atom is 0.240 e. The SMILES string of the molecule is CCCNS(=O)(=O)c1ccc(CC(O)CCC)cc1. The quantitative estimate of drug-likeness (QED) is 0.768. The first-order chi connectivity index (χ1) is 8.99. The average Bonchev–Trinajstić information content (AvgIpc) is 2.37. The van der Waals surface area contributed by atoms with Crippen molar-refractivity contribution >= 4 is 10.0 Å². The van der Waals surface area contributed by atoms with E-state index >= 15 is 0 Å². The van der Waals surface area contributed by atoms with E-state index in [0.717, 1.165) is 24.8 Å². The van der Waals surface area contributed by atoms with Crippen LogP contribution in [0.1, 0.15) is 38.7 Å². The molecule has 0 radical (unpaired) electrons. The highest BCUT2D eigenvalue weighted by atomic mass is 32.2. The molecule has 2 N–H and O–H groups in total. The molecule has 4 nitrogen and oxygen atoms in total. The predicted molar refractivity (Wildman–Crippen MR) is 76.5 cm³/mol. The number of sulfonamides is 1. The molecule has 0 aliphatic heterocycles. The fourth-order valence-corrected chi connectivity index (χ4v) is 2.97. The third-order valence-electron chi connectivity index (χ3n) is 2.87. The van der Waals surface area contributed by atoms with Crippen LogP contribution in [-0.2, 0) is 16.4 Å². The second-order valence-electron chi connectivity index (χ2n) is 4.69. The van der Waals surface area contributed by atoms with Gasteiger partial charge in [0.15, 0.2) is 0 Å². The molecular weight excluding hydrogens is 262 g/mol. The van der Waals surface area contributed by atoms with Crippen molar-refractivity contribution in [2.45, 2.75) is 50.5 Å². The van der Waals surface area contributed by atoms with E-state index in [2.05, 4.69) is 4.72 Å². The van der Waals surface area contributed by atoms with Crippen LogP contribution in [0.4, 0.5) is 0 Å². The first kappa shape index (κ1) is 16.1. The standard InChI is InChI=1S/C14H23NO3S/c1-3-5-13(16)11-12-6-8-14(9-7-12)19(17,18)15-10-4-2/h6-9,13,15-16H,3-5,10-11H2,1-2H3. The van der Waals surface area contributed by atoms with Crippen molar-refractivity contribution in [3.8, 4) is 0 Å². The fraction of sp³-hybridized carbons (Fsp3) is 0.571. The van der Waals surface area contributed by atoms with Crippen molar-refractivity contribution in [2.75, 3.05) is 6.54 Å². The molecule has 0 fully saturated rings. The van der Waals surface area contributed by atoms with Crippen LogP contribution in [0.25, 0.3) is 0 Å². The third-order valence-corrected chi connectivity index (χ3v) is 4.35. The van der Waals surface area contributed by atoms with E-state index in [9.17, 15) is 13.5 Å². The highest BCUT2D eigenvalue weighted by Gasteiger charge is 2.13. The number of hydrogen-bond donors (Lipinski definition) is 2. The van der Waals surface area contributed by atoms with Crippen LogP contribution in [0.2, 0.25) is 0 Å². The van der Waals surface area contributed by atoms with Gasteiger partial charge >= 0.3 is 0 Å². The summed E-state index contributed by atoms with van der Waals surface area (Å²) in [5.41, 5.74) is 0.954. The number of hydrogen-bond acceptors (Lipinski definition) is 3. The number of nitrogens with one attached hydrogen (secondary N) is 1. The molecule has 0 aromatic heterocycles. The molecule has 0 bridgehead atoms. The average molecular weight is 285 g/mol. The van der Waals surface area contributed by atoms with Crippen LogP contribution in [0.15, 0.2) is 29.2 Å². The Morgan fingerprint density at radius 1 is 1.16 bits per heavy atom. The molecule has 1 unspecified atom stereocenters. The third kappa shape index (κ3) is 5.30. The van der Waals surface area contributed by atoms with Gasteiger partial charge in [0.25, 0.3) is 0 Å². The van der Waals surface area contributed by atoms with Crippen LogP contribution in [0.3, 0.4) is 0 Å². The van der Waals surface area contributed by atoms with Gasteiger partial charge in [-0.1, -0.05) is 32.4 Å². The molecule has 0 aliphatic carbocycles. The molecule has 0 saturated carbocycles. The lowest BCUT2D eigenvalue weighted by Crippen LogP contribution is -2.24. The Labute approximate surface area is 115 Å². The van der Waals surface area contributed by atoms with Crippen molar-refractivity contribution < 1.29 is 13.5 Å². The Hall–Kier alpha value is -0.910. The molecule has 0 saturated heterocycles. The maximum atomic E-state index is 11.9. The topological polar surface area (TPSA) is 66.4 Å². The summed E-state index contributed by atoms with van der Waals surface area (Å²) in [5.74, 6) is 0. The van der Waals surface area contributed by atoms with Crippen LogP contribution >= 0.6 is 0 Å². The van der Waals surface area contributed by atoms with Crippen LogP contribution in [-0.4, -0.2) is 26.2 Å². The smallest absolute Gasteiger partial charge is 0.240 e. The Bertz CT molecular complexity index is 468. The summed E-state index contributed by atoms with van der Waals surface area (Å²) in [6, 6.07) is 6.71. The zero-order chi connectivity index (χ0) is 14.3. The van der Waals surface area contributed by atoms with Gasteiger partial charge in [-0.25, -0.2) is 13.1 Å². The van der Waals surface area contributed by atoms with Crippen molar-refractivity contribution in [1.82, 2.24) is 4.72 Å². The summed E-state index contributed by atoms with van der Waals surface area (Å²) in [6.45, 7) is 4.39. The number of benzene rings is 1. The van der Waals surface area contributed by atoms with Crippen LogP contribution < -0.4 is 4.72 Å². The van der Waals surface area contributed by atoms with Gasteiger partial charge in [-0.2, -0.15) is 0 Å². The minimum Gasteiger partial charge on any atom is -0.393 e. The van der Waals surface area contributed by atoms with Gasteiger partial charge in [-0.05, 0) is 37.0 Å². The van der Waals surface area contributed by atoms with Gasteiger partial charge in [0, 0.05) is 6.54 Å². The molecule has 0 spiro atoms. The Kier molecular flexibility index (Phi) is 6.48. The van der Waals surface area contributed by atoms with Crippen LogP contribution in [0, 0.1) is 0 Å². The Morgan fingerprint density at radius 3 is 2.32 bits per heavy atom. The lowest BCUT2D eigenvalue weighted by Gasteiger charge is -2.10. The summed E-state index contributed by atoms with van der Waals surface area (Å²) >= 11 is 0. The highest BCUT2D eigenvalue weighted by Crippen LogP contribution is 2.13. The van der Waals surface area contributed by atoms with Crippen molar-refractivity contribution in [2.24, 2.45) is 0 Å². The lowest BCUT2D eigenvalue weighted by atomic mass is 10.1.